The van der Waals surface area contributed by atoms with Gasteiger partial charge in [0.05, 0.1) is 46.0 Å². The zero-order valence-corrected chi connectivity index (χ0v) is 38.1. The first kappa shape index (κ1) is 47.6. The standard InChI is InChI=1S/C45H61NO17/c1-21(2)16-26(46-39(51)63-41(5,6)7)32(48)38(50)58-28-19-45(53)36(61-37(49)25-17-24(54-11)14-15-27(25)55-12)34-43(10)29(18-30-44(34,20-57-30)62-23(4)47)59-35(43)33(60-40(52)56-13)31(22(28)3)42(45,8)9/h14-17,26,28-30,32-36,48,53H,18-20H2,1-13H3,(H,46,51)/t26-,28-,29+,30+,32+,33+,34-,35-,36-,43+,44-,45+/m0/s1. The Hall–Kier alpha value is -4.91. The number of hydrogen-bond acceptors (Lipinski definition) is 17. The van der Waals surface area contributed by atoms with Crippen LogP contribution in [0.2, 0.25) is 0 Å². The molecule has 2 aliphatic heterocycles. The third-order valence-corrected chi connectivity index (χ3v) is 13.4. The monoisotopic (exact) mass is 887 g/mol. The predicted octanol–water partition coefficient (Wildman–Crippen LogP) is 4.50. The predicted molar refractivity (Wildman–Crippen MR) is 220 cm³/mol. The molecule has 63 heavy (non-hydrogen) atoms. The smallest absolute Gasteiger partial charge is 0.497 e. The Labute approximate surface area is 366 Å². The number of fused-ring (bicyclic) bond motifs is 4. The van der Waals surface area contributed by atoms with Gasteiger partial charge >= 0.3 is 30.2 Å². The summed E-state index contributed by atoms with van der Waals surface area (Å²) in [7, 11) is 3.94. The van der Waals surface area contributed by atoms with Gasteiger partial charge in [0.15, 0.2) is 17.8 Å². The summed E-state index contributed by atoms with van der Waals surface area (Å²) in [5.74, 6) is -3.48. The van der Waals surface area contributed by atoms with Crippen molar-refractivity contribution in [3.63, 3.8) is 0 Å². The summed E-state index contributed by atoms with van der Waals surface area (Å²) < 4.78 is 59.1. The molecule has 5 aliphatic rings. The van der Waals surface area contributed by atoms with Crippen molar-refractivity contribution in [2.24, 2.45) is 16.7 Å². The zero-order valence-electron chi connectivity index (χ0n) is 38.1. The summed E-state index contributed by atoms with van der Waals surface area (Å²) in [4.78, 5) is 68.2. The van der Waals surface area contributed by atoms with E-state index in [1.165, 1.54) is 39.4 Å². The largest absolute Gasteiger partial charge is 0.508 e. The minimum atomic E-state index is -2.27. The van der Waals surface area contributed by atoms with Crippen LogP contribution in [-0.4, -0.2) is 134 Å². The molecule has 12 atom stereocenters. The molecule has 3 N–H and O–H groups in total. The van der Waals surface area contributed by atoms with Gasteiger partial charge in [-0.05, 0) is 70.9 Å². The maximum atomic E-state index is 14.8. The first-order valence-electron chi connectivity index (χ1n) is 20.9. The quantitative estimate of drug-likeness (QED) is 0.158. The van der Waals surface area contributed by atoms with Crippen LogP contribution < -0.4 is 14.8 Å². The van der Waals surface area contributed by atoms with E-state index in [0.717, 1.165) is 7.11 Å². The van der Waals surface area contributed by atoms with E-state index in [9.17, 15) is 34.2 Å². The van der Waals surface area contributed by atoms with E-state index in [2.05, 4.69) is 5.32 Å². The van der Waals surface area contributed by atoms with Gasteiger partial charge in [0.25, 0.3) is 0 Å². The summed E-state index contributed by atoms with van der Waals surface area (Å²) in [6, 6.07) is 3.23. The van der Waals surface area contributed by atoms with E-state index in [4.69, 9.17) is 47.4 Å². The van der Waals surface area contributed by atoms with Crippen molar-refractivity contribution in [3.8, 4) is 11.5 Å². The third-order valence-electron chi connectivity index (χ3n) is 13.4. The lowest BCUT2D eigenvalue weighted by atomic mass is 9.42. The van der Waals surface area contributed by atoms with Crippen LogP contribution in [0.15, 0.2) is 41.0 Å². The van der Waals surface area contributed by atoms with Gasteiger partial charge in [-0.15, -0.1) is 0 Å². The fourth-order valence-corrected chi connectivity index (χ4v) is 10.5. The lowest BCUT2D eigenvalue weighted by molar-refractivity contribution is -0.416. The fraction of sp³-hybridized carbons (Fsp3) is 0.667. The second-order valence-corrected chi connectivity index (χ2v) is 19.0. The van der Waals surface area contributed by atoms with Gasteiger partial charge < -0.3 is 62.9 Å². The molecule has 0 unspecified atom stereocenters. The number of carbonyl (C=O) groups excluding carboxylic acids is 5. The molecule has 2 saturated heterocycles. The van der Waals surface area contributed by atoms with Gasteiger partial charge in [-0.2, -0.15) is 0 Å². The first-order chi connectivity index (χ1) is 29.3. The Bertz CT molecular complexity index is 2070. The molecule has 348 valence electrons. The molecule has 2 bridgehead atoms. The summed E-state index contributed by atoms with van der Waals surface area (Å²) in [6.07, 6.45) is -9.49. The average Bonchev–Trinajstić information content (AvgIpc) is 3.18. The van der Waals surface area contributed by atoms with E-state index < -0.39 is 119 Å². The number of nitrogens with one attached hydrogen (secondary N) is 1. The number of hydrogen-bond donors (Lipinski definition) is 3. The minimum Gasteiger partial charge on any atom is -0.497 e. The highest BCUT2D eigenvalue weighted by molar-refractivity contribution is 5.93. The van der Waals surface area contributed by atoms with Crippen LogP contribution in [0.5, 0.6) is 11.5 Å². The fourth-order valence-electron chi connectivity index (χ4n) is 10.5. The second-order valence-electron chi connectivity index (χ2n) is 19.0. The van der Waals surface area contributed by atoms with Crippen LogP contribution in [0.3, 0.4) is 0 Å². The van der Waals surface area contributed by atoms with Crippen molar-refractivity contribution in [3.05, 3.63) is 46.6 Å². The number of carbonyl (C=O) groups is 5. The number of esters is 3. The first-order valence-corrected chi connectivity index (χ1v) is 20.9. The number of ether oxygens (including phenoxy) is 10. The van der Waals surface area contributed by atoms with Crippen LogP contribution in [0, 0.1) is 16.7 Å². The highest BCUT2D eigenvalue weighted by Gasteiger charge is 2.82. The average molecular weight is 888 g/mol. The zero-order chi connectivity index (χ0) is 46.8. The van der Waals surface area contributed by atoms with Gasteiger partial charge in [0.2, 0.25) is 0 Å². The van der Waals surface area contributed by atoms with Crippen LogP contribution in [0.4, 0.5) is 9.59 Å². The highest BCUT2D eigenvalue weighted by atomic mass is 16.7. The highest BCUT2D eigenvalue weighted by Crippen LogP contribution is 2.69. The lowest BCUT2D eigenvalue weighted by Crippen LogP contribution is -2.86. The lowest BCUT2D eigenvalue weighted by Gasteiger charge is -2.74. The van der Waals surface area contributed by atoms with Crippen molar-refractivity contribution >= 4 is 30.2 Å². The Morgan fingerprint density at radius 3 is 2.21 bits per heavy atom. The number of methoxy groups -OCH3 is 3. The molecule has 18 heteroatoms. The summed E-state index contributed by atoms with van der Waals surface area (Å²) in [5.41, 5.74) is -6.18. The number of aliphatic hydroxyl groups excluding tert-OH is 1. The molecule has 6 rings (SSSR count). The van der Waals surface area contributed by atoms with Crippen LogP contribution in [-0.2, 0) is 47.5 Å². The van der Waals surface area contributed by atoms with E-state index in [1.54, 1.807) is 61.5 Å². The normalized spacial score (nSPS) is 33.3. The molecule has 1 amide bonds. The Kier molecular flexibility index (Phi) is 12.8. The Balaban J connectivity index is 1.55. The SMILES string of the molecule is COC(=O)O[C@@H]1C2=C(C)[C@@H](OC(=O)[C@H](O)[C@H](C=C(C)C)NC(=O)OC(C)(C)C)C[C@@](O)([C@@H](OC(=O)c3cc(OC)ccc3OC)[C@@H]3[C@]4(OC(C)=O)CO[C@@H]4C[C@H]4O[C@@H]1[C@@]34C)C2(C)C. The van der Waals surface area contributed by atoms with Crippen molar-refractivity contribution in [2.75, 3.05) is 27.9 Å². The molecule has 1 aromatic carbocycles. The Morgan fingerprint density at radius 1 is 0.968 bits per heavy atom. The van der Waals surface area contributed by atoms with Crippen molar-refractivity contribution in [1.29, 1.82) is 0 Å². The van der Waals surface area contributed by atoms with Gasteiger partial charge in [-0.1, -0.05) is 32.4 Å². The maximum Gasteiger partial charge on any atom is 0.508 e. The number of allylic oxidation sites excluding steroid dienone is 1. The molecule has 0 spiro atoms. The molecule has 4 fully saturated rings. The molecule has 18 nitrogen and oxygen atoms in total. The number of amides is 1. The molecule has 0 aromatic heterocycles. The van der Waals surface area contributed by atoms with E-state index in [1.807, 2.05) is 6.92 Å². The van der Waals surface area contributed by atoms with Crippen LogP contribution >= 0.6 is 0 Å². The summed E-state index contributed by atoms with van der Waals surface area (Å²) in [5, 5.41) is 27.9. The summed E-state index contributed by atoms with van der Waals surface area (Å²) in [6.45, 7) is 16.3. The van der Waals surface area contributed by atoms with Gasteiger partial charge in [-0.25, -0.2) is 19.2 Å². The van der Waals surface area contributed by atoms with Gasteiger partial charge in [-0.3, -0.25) is 4.79 Å². The molecule has 0 radical (unpaired) electrons. The molecule has 2 heterocycles. The maximum absolute atomic E-state index is 14.8. The van der Waals surface area contributed by atoms with Crippen molar-refractivity contribution in [2.45, 2.75) is 148 Å². The summed E-state index contributed by atoms with van der Waals surface area (Å²) >= 11 is 0. The number of alkyl carbamates (subject to hydrolysis) is 1. The molecule has 2 saturated carbocycles. The molecular formula is C45H61NO17. The van der Waals surface area contributed by atoms with Crippen LogP contribution in [0.25, 0.3) is 0 Å². The topological polar surface area (TPSA) is 230 Å². The van der Waals surface area contributed by atoms with Gasteiger partial charge in [0, 0.05) is 30.6 Å². The van der Waals surface area contributed by atoms with Gasteiger partial charge in [0.1, 0.15) is 52.7 Å². The number of benzene rings is 1. The minimum absolute atomic E-state index is 0.0502. The van der Waals surface area contributed by atoms with E-state index in [-0.39, 0.29) is 29.9 Å². The molecular weight excluding hydrogens is 826 g/mol. The second kappa shape index (κ2) is 16.9. The number of rotatable bonds is 11. The van der Waals surface area contributed by atoms with Crippen molar-refractivity contribution < 1.29 is 81.6 Å². The Morgan fingerprint density at radius 2 is 1.65 bits per heavy atom. The number of aliphatic hydroxyl groups is 2. The van der Waals surface area contributed by atoms with E-state index in [0.29, 0.717) is 16.9 Å². The molecule has 1 aromatic rings. The van der Waals surface area contributed by atoms with Crippen molar-refractivity contribution in [1.82, 2.24) is 5.32 Å². The van der Waals surface area contributed by atoms with E-state index >= 15 is 0 Å². The van der Waals surface area contributed by atoms with Crippen LogP contribution in [0.1, 0.15) is 92.4 Å². The molecule has 3 aliphatic carbocycles. The third kappa shape index (κ3) is 8.12.